The third kappa shape index (κ3) is 3.58. The summed E-state index contributed by atoms with van der Waals surface area (Å²) in [6.07, 6.45) is 0. The van der Waals surface area contributed by atoms with Crippen LogP contribution in [0.25, 0.3) is 0 Å². The van der Waals surface area contributed by atoms with E-state index in [1.807, 2.05) is 0 Å². The Hall–Kier alpha value is -0.860. The molecule has 1 aromatic carbocycles. The fourth-order valence-corrected chi connectivity index (χ4v) is 2.84. The van der Waals surface area contributed by atoms with Crippen LogP contribution in [0.2, 0.25) is 0 Å². The molecule has 1 aliphatic heterocycles. The molecule has 0 bridgehead atoms. The lowest BCUT2D eigenvalue weighted by molar-refractivity contribution is 0.106. The summed E-state index contributed by atoms with van der Waals surface area (Å²) in [7, 11) is 0. The van der Waals surface area contributed by atoms with Gasteiger partial charge in [-0.05, 0) is 30.5 Å². The third-order valence-corrected chi connectivity index (χ3v) is 4.49. The van der Waals surface area contributed by atoms with Gasteiger partial charge in [0.1, 0.15) is 0 Å². The molecule has 1 fully saturated rings. The van der Waals surface area contributed by atoms with Crippen LogP contribution in [-0.4, -0.2) is 42.5 Å². The summed E-state index contributed by atoms with van der Waals surface area (Å²) in [4.78, 5) is 5.14. The van der Waals surface area contributed by atoms with E-state index in [9.17, 15) is 0 Å². The molecule has 0 amide bonds. The van der Waals surface area contributed by atoms with E-state index in [1.165, 1.54) is 43.9 Å². The lowest BCUT2D eigenvalue weighted by Crippen LogP contribution is -2.46. The van der Waals surface area contributed by atoms with E-state index in [2.05, 4.69) is 61.8 Å². The van der Waals surface area contributed by atoms with Gasteiger partial charge in [0.25, 0.3) is 0 Å². The van der Waals surface area contributed by atoms with Crippen LogP contribution in [0.15, 0.2) is 24.3 Å². The highest BCUT2D eigenvalue weighted by molar-refractivity contribution is 5.26. The molecule has 1 aliphatic rings. The Morgan fingerprint density at radius 1 is 0.895 bits per heavy atom. The standard InChI is InChI=1S/C17H28N2/c1-5-18-10-12-19(13-11-18)15(4)17-8-6-16(7-9-17)14(2)3/h6-9,14-15H,5,10-13H2,1-4H3. The van der Waals surface area contributed by atoms with Crippen LogP contribution in [0.5, 0.6) is 0 Å². The van der Waals surface area contributed by atoms with Crippen molar-refractivity contribution in [3.05, 3.63) is 35.4 Å². The number of hydrogen-bond acceptors (Lipinski definition) is 2. The van der Waals surface area contributed by atoms with E-state index in [0.717, 1.165) is 0 Å². The van der Waals surface area contributed by atoms with Crippen molar-refractivity contribution >= 4 is 0 Å². The van der Waals surface area contributed by atoms with E-state index in [4.69, 9.17) is 0 Å². The maximum absolute atomic E-state index is 2.61. The first-order valence-corrected chi connectivity index (χ1v) is 7.68. The Morgan fingerprint density at radius 2 is 1.42 bits per heavy atom. The van der Waals surface area contributed by atoms with E-state index < -0.39 is 0 Å². The van der Waals surface area contributed by atoms with Crippen molar-refractivity contribution in [1.29, 1.82) is 0 Å². The van der Waals surface area contributed by atoms with Gasteiger partial charge in [0, 0.05) is 32.2 Å². The molecule has 1 unspecified atom stereocenters. The first kappa shape index (κ1) is 14.5. The Bertz CT molecular complexity index is 375. The summed E-state index contributed by atoms with van der Waals surface area (Å²) in [5.41, 5.74) is 2.89. The molecule has 2 nitrogen and oxygen atoms in total. The van der Waals surface area contributed by atoms with Crippen molar-refractivity contribution in [2.75, 3.05) is 32.7 Å². The molecular weight excluding hydrogens is 232 g/mol. The minimum atomic E-state index is 0.542. The van der Waals surface area contributed by atoms with Crippen molar-refractivity contribution in [3.8, 4) is 0 Å². The van der Waals surface area contributed by atoms with Crippen molar-refractivity contribution in [2.45, 2.75) is 39.7 Å². The molecule has 1 aromatic rings. The predicted molar refractivity (Wildman–Crippen MR) is 82.6 cm³/mol. The van der Waals surface area contributed by atoms with Gasteiger partial charge in [0.15, 0.2) is 0 Å². The van der Waals surface area contributed by atoms with Crippen molar-refractivity contribution in [3.63, 3.8) is 0 Å². The van der Waals surface area contributed by atoms with Gasteiger partial charge < -0.3 is 4.90 Å². The van der Waals surface area contributed by atoms with E-state index >= 15 is 0 Å². The molecule has 2 rings (SSSR count). The molecule has 19 heavy (non-hydrogen) atoms. The molecule has 2 heteroatoms. The Balaban J connectivity index is 1.97. The molecule has 0 N–H and O–H groups in total. The summed E-state index contributed by atoms with van der Waals surface area (Å²) in [6, 6.07) is 9.75. The molecular formula is C17H28N2. The van der Waals surface area contributed by atoms with Gasteiger partial charge in [-0.1, -0.05) is 45.0 Å². The van der Waals surface area contributed by atoms with Gasteiger partial charge in [-0.2, -0.15) is 0 Å². The summed E-state index contributed by atoms with van der Waals surface area (Å²) >= 11 is 0. The van der Waals surface area contributed by atoms with Gasteiger partial charge in [0.2, 0.25) is 0 Å². The zero-order valence-electron chi connectivity index (χ0n) is 12.9. The molecule has 106 valence electrons. The fourth-order valence-electron chi connectivity index (χ4n) is 2.84. The fraction of sp³-hybridized carbons (Fsp3) is 0.647. The summed E-state index contributed by atoms with van der Waals surface area (Å²) in [5, 5.41) is 0. The first-order chi connectivity index (χ1) is 9.11. The SMILES string of the molecule is CCN1CCN(C(C)c2ccc(C(C)C)cc2)CC1. The van der Waals surface area contributed by atoms with E-state index in [0.29, 0.717) is 12.0 Å². The van der Waals surface area contributed by atoms with Crippen molar-refractivity contribution in [2.24, 2.45) is 0 Å². The molecule has 0 aliphatic carbocycles. The monoisotopic (exact) mass is 260 g/mol. The first-order valence-electron chi connectivity index (χ1n) is 7.68. The zero-order valence-corrected chi connectivity index (χ0v) is 12.9. The van der Waals surface area contributed by atoms with Crippen molar-refractivity contribution < 1.29 is 0 Å². The molecule has 1 heterocycles. The number of likely N-dealkylation sites (N-methyl/N-ethyl adjacent to an activating group) is 1. The van der Waals surface area contributed by atoms with Gasteiger partial charge in [0.05, 0.1) is 0 Å². The number of hydrogen-bond donors (Lipinski definition) is 0. The molecule has 0 spiro atoms. The van der Waals surface area contributed by atoms with E-state index in [1.54, 1.807) is 0 Å². The van der Waals surface area contributed by atoms with Crippen LogP contribution in [0.1, 0.15) is 50.8 Å². The van der Waals surface area contributed by atoms with Gasteiger partial charge in [-0.25, -0.2) is 0 Å². The topological polar surface area (TPSA) is 6.48 Å². The van der Waals surface area contributed by atoms with Crippen LogP contribution in [0, 0.1) is 0 Å². The molecule has 0 aromatic heterocycles. The van der Waals surface area contributed by atoms with Crippen LogP contribution in [0.4, 0.5) is 0 Å². The largest absolute Gasteiger partial charge is 0.301 e. The minimum absolute atomic E-state index is 0.542. The number of rotatable bonds is 4. The van der Waals surface area contributed by atoms with Crippen molar-refractivity contribution in [1.82, 2.24) is 9.80 Å². The quantitative estimate of drug-likeness (QED) is 0.817. The Morgan fingerprint density at radius 3 is 1.89 bits per heavy atom. The summed E-state index contributed by atoms with van der Waals surface area (Å²) in [5.74, 6) is 0.623. The second-order valence-corrected chi connectivity index (χ2v) is 5.97. The van der Waals surface area contributed by atoms with E-state index in [-0.39, 0.29) is 0 Å². The van der Waals surface area contributed by atoms with Gasteiger partial charge >= 0.3 is 0 Å². The zero-order chi connectivity index (χ0) is 13.8. The van der Waals surface area contributed by atoms with Crippen LogP contribution in [-0.2, 0) is 0 Å². The summed E-state index contributed by atoms with van der Waals surface area (Å²) in [6.45, 7) is 15.1. The molecule has 1 saturated heterocycles. The summed E-state index contributed by atoms with van der Waals surface area (Å²) < 4.78 is 0. The Kier molecular flexibility index (Phi) is 5.00. The van der Waals surface area contributed by atoms with Crippen LogP contribution < -0.4 is 0 Å². The van der Waals surface area contributed by atoms with Gasteiger partial charge in [-0.3, -0.25) is 4.90 Å². The molecule has 0 radical (unpaired) electrons. The minimum Gasteiger partial charge on any atom is -0.301 e. The van der Waals surface area contributed by atoms with Crippen LogP contribution >= 0.6 is 0 Å². The second-order valence-electron chi connectivity index (χ2n) is 5.97. The third-order valence-electron chi connectivity index (χ3n) is 4.49. The normalized spacial score (nSPS) is 19.8. The van der Waals surface area contributed by atoms with Crippen LogP contribution in [0.3, 0.4) is 0 Å². The maximum atomic E-state index is 2.61. The molecule has 0 saturated carbocycles. The average Bonchev–Trinajstić information content (AvgIpc) is 2.46. The highest BCUT2D eigenvalue weighted by atomic mass is 15.3. The lowest BCUT2D eigenvalue weighted by Gasteiger charge is -2.37. The second kappa shape index (κ2) is 6.53. The predicted octanol–water partition coefficient (Wildman–Crippen LogP) is 3.51. The number of nitrogens with zero attached hydrogens (tertiary/aromatic N) is 2. The highest BCUT2D eigenvalue weighted by Gasteiger charge is 2.21. The number of piperazine rings is 1. The smallest absolute Gasteiger partial charge is 0.0320 e. The average molecular weight is 260 g/mol. The van der Waals surface area contributed by atoms with Gasteiger partial charge in [-0.15, -0.1) is 0 Å². The lowest BCUT2D eigenvalue weighted by atomic mass is 9.99. The molecule has 1 atom stereocenters. The maximum Gasteiger partial charge on any atom is 0.0320 e. The number of benzene rings is 1. The Labute approximate surface area is 118 Å². The highest BCUT2D eigenvalue weighted by Crippen LogP contribution is 2.23.